The van der Waals surface area contributed by atoms with Crippen LogP contribution in [0.4, 0.5) is 5.69 Å². The van der Waals surface area contributed by atoms with Crippen molar-refractivity contribution < 1.29 is 19.0 Å². The van der Waals surface area contributed by atoms with Crippen LogP contribution in [-0.2, 0) is 11.2 Å². The van der Waals surface area contributed by atoms with Crippen molar-refractivity contribution >= 4 is 11.6 Å². The summed E-state index contributed by atoms with van der Waals surface area (Å²) in [7, 11) is 4.77. The molecule has 1 unspecified atom stereocenters. The first-order valence-electron chi connectivity index (χ1n) is 10.0. The number of carbonyl (C=O) groups is 1. The van der Waals surface area contributed by atoms with Crippen LogP contribution in [0.3, 0.4) is 0 Å². The number of para-hydroxylation sites is 1. The zero-order valence-corrected chi connectivity index (χ0v) is 17.4. The Morgan fingerprint density at radius 2 is 1.79 bits per heavy atom. The largest absolute Gasteiger partial charge is 0.493 e. The van der Waals surface area contributed by atoms with Gasteiger partial charge >= 0.3 is 0 Å². The molecule has 1 saturated heterocycles. The normalized spacial score (nSPS) is 15.8. The van der Waals surface area contributed by atoms with Crippen LogP contribution in [0.1, 0.15) is 24.8 Å². The first-order valence-corrected chi connectivity index (χ1v) is 10.0. The van der Waals surface area contributed by atoms with E-state index in [-0.39, 0.29) is 5.91 Å². The van der Waals surface area contributed by atoms with Gasteiger partial charge < -0.3 is 24.4 Å². The molecule has 0 bridgehead atoms. The number of rotatable bonds is 9. The van der Waals surface area contributed by atoms with Gasteiger partial charge in [0.1, 0.15) is 0 Å². The molecular formula is C23H30N2O4. The quantitative estimate of drug-likeness (QED) is 0.701. The number of aryl methyl sites for hydroxylation is 1. The molecular weight excluding hydrogens is 368 g/mol. The van der Waals surface area contributed by atoms with Gasteiger partial charge in [-0.2, -0.15) is 0 Å². The lowest BCUT2D eigenvalue weighted by Gasteiger charge is -2.27. The highest BCUT2D eigenvalue weighted by atomic mass is 16.5. The average molecular weight is 399 g/mol. The average Bonchev–Trinajstić information content (AvgIpc) is 3.24. The Labute approximate surface area is 172 Å². The molecule has 0 spiro atoms. The van der Waals surface area contributed by atoms with Gasteiger partial charge in [0.15, 0.2) is 11.5 Å². The predicted octanol–water partition coefficient (Wildman–Crippen LogP) is 3.43. The summed E-state index contributed by atoms with van der Waals surface area (Å²) in [4.78, 5) is 14.9. The number of carbonyl (C=O) groups excluding carboxylic acids is 1. The van der Waals surface area contributed by atoms with Crippen LogP contribution >= 0.6 is 0 Å². The number of nitrogens with one attached hydrogen (secondary N) is 1. The highest BCUT2D eigenvalue weighted by Gasteiger charge is 2.25. The van der Waals surface area contributed by atoms with E-state index in [4.69, 9.17) is 14.2 Å². The van der Waals surface area contributed by atoms with E-state index < -0.39 is 0 Å². The number of hydrogen-bond donors (Lipinski definition) is 1. The molecule has 1 fully saturated rings. The molecule has 1 aliphatic rings. The lowest BCUT2D eigenvalue weighted by molar-refractivity contribution is -0.121. The topological polar surface area (TPSA) is 60.0 Å². The van der Waals surface area contributed by atoms with Crippen molar-refractivity contribution in [2.75, 3.05) is 39.3 Å². The molecule has 6 heteroatoms. The van der Waals surface area contributed by atoms with Gasteiger partial charge in [-0.3, -0.25) is 4.79 Å². The van der Waals surface area contributed by atoms with Crippen molar-refractivity contribution in [1.29, 1.82) is 0 Å². The van der Waals surface area contributed by atoms with E-state index in [1.165, 1.54) is 5.69 Å². The third-order valence-corrected chi connectivity index (χ3v) is 5.41. The first-order chi connectivity index (χ1) is 14.2. The molecule has 0 radical (unpaired) electrons. The Hall–Kier alpha value is -2.89. The molecule has 3 rings (SSSR count). The van der Waals surface area contributed by atoms with E-state index in [1.807, 2.05) is 18.2 Å². The van der Waals surface area contributed by atoms with Gasteiger partial charge in [0, 0.05) is 31.2 Å². The van der Waals surface area contributed by atoms with Crippen LogP contribution in [0.15, 0.2) is 42.5 Å². The highest BCUT2D eigenvalue weighted by molar-refractivity contribution is 5.76. The number of anilines is 1. The molecule has 2 aromatic rings. The standard InChI is InChI=1S/C23H30N2O4/c1-27-20-13-11-17(22(28-2)23(20)29-3)12-14-21(26)24-16-19-10-7-15-25(19)18-8-5-4-6-9-18/h4-6,8-9,11,13,19H,7,10,12,14-16H2,1-3H3,(H,24,26). The van der Waals surface area contributed by atoms with E-state index in [1.54, 1.807) is 21.3 Å². The second-order valence-electron chi connectivity index (χ2n) is 7.12. The summed E-state index contributed by atoms with van der Waals surface area (Å²) in [6, 6.07) is 14.5. The molecule has 1 aliphatic heterocycles. The summed E-state index contributed by atoms with van der Waals surface area (Å²) in [5, 5.41) is 3.11. The summed E-state index contributed by atoms with van der Waals surface area (Å²) in [5.74, 6) is 1.82. The van der Waals surface area contributed by atoms with Crippen molar-refractivity contribution in [2.45, 2.75) is 31.7 Å². The van der Waals surface area contributed by atoms with E-state index in [0.29, 0.717) is 42.7 Å². The second kappa shape index (κ2) is 10.0. The Balaban J connectivity index is 1.55. The van der Waals surface area contributed by atoms with Crippen LogP contribution in [0.5, 0.6) is 17.2 Å². The Kier molecular flexibility index (Phi) is 7.22. The molecule has 29 heavy (non-hydrogen) atoms. The van der Waals surface area contributed by atoms with Crippen LogP contribution in [0, 0.1) is 0 Å². The SMILES string of the molecule is COc1ccc(CCC(=O)NCC2CCCN2c2ccccc2)c(OC)c1OC. The number of methoxy groups -OCH3 is 3. The monoisotopic (exact) mass is 398 g/mol. The van der Waals surface area contributed by atoms with Crippen molar-refractivity contribution in [2.24, 2.45) is 0 Å². The smallest absolute Gasteiger partial charge is 0.220 e. The summed E-state index contributed by atoms with van der Waals surface area (Å²) < 4.78 is 16.2. The minimum Gasteiger partial charge on any atom is -0.493 e. The number of nitrogens with zero attached hydrogens (tertiary/aromatic N) is 1. The fourth-order valence-electron chi connectivity index (χ4n) is 3.94. The summed E-state index contributed by atoms with van der Waals surface area (Å²) in [5.41, 5.74) is 2.14. The Morgan fingerprint density at radius 3 is 2.48 bits per heavy atom. The van der Waals surface area contributed by atoms with Crippen LogP contribution in [0.2, 0.25) is 0 Å². The van der Waals surface area contributed by atoms with E-state index in [9.17, 15) is 4.79 Å². The third kappa shape index (κ3) is 4.94. The second-order valence-corrected chi connectivity index (χ2v) is 7.12. The lowest BCUT2D eigenvalue weighted by atomic mass is 10.1. The Morgan fingerprint density at radius 1 is 1.03 bits per heavy atom. The van der Waals surface area contributed by atoms with Gasteiger partial charge in [0.05, 0.1) is 21.3 Å². The van der Waals surface area contributed by atoms with Gasteiger partial charge in [-0.15, -0.1) is 0 Å². The fraction of sp³-hybridized carbons (Fsp3) is 0.435. The van der Waals surface area contributed by atoms with Gasteiger partial charge in [-0.05, 0) is 43.0 Å². The van der Waals surface area contributed by atoms with E-state index in [0.717, 1.165) is 24.9 Å². The molecule has 0 saturated carbocycles. The first kappa shape index (κ1) is 20.8. The van der Waals surface area contributed by atoms with Crippen molar-refractivity contribution in [3.05, 3.63) is 48.0 Å². The summed E-state index contributed by atoms with van der Waals surface area (Å²) in [6.45, 7) is 1.70. The minimum absolute atomic E-state index is 0.0433. The zero-order chi connectivity index (χ0) is 20.6. The summed E-state index contributed by atoms with van der Waals surface area (Å²) in [6.07, 6.45) is 3.21. The maximum absolute atomic E-state index is 12.5. The van der Waals surface area contributed by atoms with E-state index in [2.05, 4.69) is 34.5 Å². The minimum atomic E-state index is 0.0433. The number of amides is 1. The van der Waals surface area contributed by atoms with Gasteiger partial charge in [-0.25, -0.2) is 0 Å². The number of benzene rings is 2. The lowest BCUT2D eigenvalue weighted by Crippen LogP contribution is -2.40. The van der Waals surface area contributed by atoms with Gasteiger partial charge in [0.2, 0.25) is 11.7 Å². The maximum atomic E-state index is 12.5. The highest BCUT2D eigenvalue weighted by Crippen LogP contribution is 2.40. The van der Waals surface area contributed by atoms with Crippen molar-refractivity contribution in [3.8, 4) is 17.2 Å². The summed E-state index contributed by atoms with van der Waals surface area (Å²) >= 11 is 0. The fourth-order valence-corrected chi connectivity index (χ4v) is 3.94. The molecule has 2 aromatic carbocycles. The van der Waals surface area contributed by atoms with Crippen LogP contribution < -0.4 is 24.4 Å². The molecule has 1 heterocycles. The third-order valence-electron chi connectivity index (χ3n) is 5.41. The molecule has 6 nitrogen and oxygen atoms in total. The number of hydrogen-bond acceptors (Lipinski definition) is 5. The maximum Gasteiger partial charge on any atom is 0.220 e. The molecule has 0 aliphatic carbocycles. The molecule has 0 aromatic heterocycles. The Bertz CT molecular complexity index is 810. The van der Waals surface area contributed by atoms with E-state index >= 15 is 0 Å². The van der Waals surface area contributed by atoms with Crippen molar-refractivity contribution in [3.63, 3.8) is 0 Å². The van der Waals surface area contributed by atoms with Crippen molar-refractivity contribution in [1.82, 2.24) is 5.32 Å². The molecule has 156 valence electrons. The van der Waals surface area contributed by atoms with Gasteiger partial charge in [0.25, 0.3) is 0 Å². The zero-order valence-electron chi connectivity index (χ0n) is 17.4. The number of ether oxygens (including phenoxy) is 3. The molecule has 1 N–H and O–H groups in total. The van der Waals surface area contributed by atoms with Crippen LogP contribution in [-0.4, -0.2) is 46.4 Å². The molecule has 1 atom stereocenters. The van der Waals surface area contributed by atoms with Crippen LogP contribution in [0.25, 0.3) is 0 Å². The van der Waals surface area contributed by atoms with Gasteiger partial charge in [-0.1, -0.05) is 24.3 Å². The molecule has 1 amide bonds. The predicted molar refractivity (Wildman–Crippen MR) is 114 cm³/mol.